The van der Waals surface area contributed by atoms with E-state index < -0.39 is 16.1 Å². The lowest BCUT2D eigenvalue weighted by Gasteiger charge is -2.29. The van der Waals surface area contributed by atoms with Crippen LogP contribution < -0.4 is 19.1 Å². The molecule has 0 spiro atoms. The normalized spacial score (nSPS) is 11.9. The molecule has 210 valence electrons. The maximum atomic E-state index is 13.4. The Morgan fingerprint density at radius 1 is 1.05 bits per heavy atom. The fourth-order valence-electron chi connectivity index (χ4n) is 3.86. The molecular formula is C27H38ClN3O6S. The van der Waals surface area contributed by atoms with E-state index in [1.54, 1.807) is 38.3 Å². The Kier molecular flexibility index (Phi) is 12.2. The van der Waals surface area contributed by atoms with Crippen LogP contribution in [0.3, 0.4) is 0 Å². The maximum absolute atomic E-state index is 13.4. The molecule has 2 amide bonds. The molecule has 0 saturated carbocycles. The molecule has 0 bridgehead atoms. The zero-order chi connectivity index (χ0) is 28.3. The summed E-state index contributed by atoms with van der Waals surface area (Å²) in [5.41, 5.74) is 1.22. The Bertz CT molecular complexity index is 1170. The number of hydrogen-bond acceptors (Lipinski definition) is 6. The summed E-state index contributed by atoms with van der Waals surface area (Å²) in [5, 5.41) is 3.17. The van der Waals surface area contributed by atoms with Crippen molar-refractivity contribution in [3.05, 3.63) is 53.1 Å². The Labute approximate surface area is 231 Å². The molecule has 1 atom stereocenters. The molecule has 1 unspecified atom stereocenters. The molecule has 0 radical (unpaired) electrons. The molecule has 1 N–H and O–H groups in total. The van der Waals surface area contributed by atoms with Gasteiger partial charge in [-0.3, -0.25) is 13.9 Å². The first-order valence-electron chi connectivity index (χ1n) is 12.5. The van der Waals surface area contributed by atoms with E-state index in [1.165, 1.54) is 22.4 Å². The van der Waals surface area contributed by atoms with Crippen LogP contribution in [-0.2, 0) is 26.2 Å². The molecule has 0 aromatic heterocycles. The number of methoxy groups -OCH3 is 2. The van der Waals surface area contributed by atoms with Crippen LogP contribution in [-0.4, -0.2) is 64.7 Å². The van der Waals surface area contributed by atoms with Gasteiger partial charge in [-0.1, -0.05) is 37.1 Å². The number of benzene rings is 2. The molecule has 9 nitrogen and oxygen atoms in total. The number of anilines is 1. The van der Waals surface area contributed by atoms with Crippen LogP contribution in [0.2, 0.25) is 5.02 Å². The number of carbonyl (C=O) groups is 2. The van der Waals surface area contributed by atoms with E-state index in [0.717, 1.165) is 24.7 Å². The monoisotopic (exact) mass is 567 g/mol. The summed E-state index contributed by atoms with van der Waals surface area (Å²) >= 11 is 6.20. The molecule has 11 heteroatoms. The summed E-state index contributed by atoms with van der Waals surface area (Å²) in [6.07, 6.45) is 3.20. The molecule has 0 aliphatic rings. The number of rotatable bonds is 15. The van der Waals surface area contributed by atoms with Gasteiger partial charge in [0.1, 0.15) is 17.5 Å². The number of nitrogens with one attached hydrogen (secondary N) is 1. The van der Waals surface area contributed by atoms with Gasteiger partial charge in [-0.2, -0.15) is 0 Å². The van der Waals surface area contributed by atoms with Gasteiger partial charge in [0.15, 0.2) is 0 Å². The first-order chi connectivity index (χ1) is 18.0. The first-order valence-corrected chi connectivity index (χ1v) is 14.8. The van der Waals surface area contributed by atoms with Crippen molar-refractivity contribution in [2.45, 2.75) is 52.1 Å². The molecule has 0 saturated heterocycles. The van der Waals surface area contributed by atoms with Crippen LogP contribution in [0, 0.1) is 0 Å². The molecule has 0 aliphatic heterocycles. The summed E-state index contributed by atoms with van der Waals surface area (Å²) in [7, 11) is -0.585. The summed E-state index contributed by atoms with van der Waals surface area (Å²) in [6.45, 7) is 4.58. The smallest absolute Gasteiger partial charge is 0.242 e. The highest BCUT2D eigenvalue weighted by atomic mass is 35.5. The van der Waals surface area contributed by atoms with Gasteiger partial charge in [-0.05, 0) is 55.7 Å². The molecule has 0 heterocycles. The zero-order valence-corrected chi connectivity index (χ0v) is 24.3. The zero-order valence-electron chi connectivity index (χ0n) is 22.7. The van der Waals surface area contributed by atoms with E-state index in [1.807, 2.05) is 19.1 Å². The highest BCUT2D eigenvalue weighted by Gasteiger charge is 2.26. The summed E-state index contributed by atoms with van der Waals surface area (Å²) < 4.78 is 36.6. The third kappa shape index (κ3) is 9.09. The minimum absolute atomic E-state index is 0.0542. The van der Waals surface area contributed by atoms with E-state index in [4.69, 9.17) is 21.1 Å². The fraction of sp³-hybridized carbons (Fsp3) is 0.481. The van der Waals surface area contributed by atoms with E-state index >= 15 is 0 Å². The predicted molar refractivity (Wildman–Crippen MR) is 150 cm³/mol. The lowest BCUT2D eigenvalue weighted by atomic mass is 10.1. The minimum atomic E-state index is -3.64. The van der Waals surface area contributed by atoms with Crippen LogP contribution in [0.15, 0.2) is 42.5 Å². The summed E-state index contributed by atoms with van der Waals surface area (Å²) in [6, 6.07) is 11.3. The Morgan fingerprint density at radius 2 is 1.74 bits per heavy atom. The van der Waals surface area contributed by atoms with Gasteiger partial charge in [-0.15, -0.1) is 0 Å². The largest absolute Gasteiger partial charge is 0.497 e. The fourth-order valence-corrected chi connectivity index (χ4v) is 5.07. The second-order valence-electron chi connectivity index (χ2n) is 8.95. The second-order valence-corrected chi connectivity index (χ2v) is 11.3. The van der Waals surface area contributed by atoms with Gasteiger partial charge >= 0.3 is 0 Å². The van der Waals surface area contributed by atoms with Gasteiger partial charge in [0.2, 0.25) is 21.8 Å². The average molecular weight is 568 g/mol. The van der Waals surface area contributed by atoms with E-state index in [9.17, 15) is 18.0 Å². The van der Waals surface area contributed by atoms with Crippen LogP contribution in [0.25, 0.3) is 0 Å². The maximum Gasteiger partial charge on any atom is 0.242 e. The van der Waals surface area contributed by atoms with Crippen molar-refractivity contribution in [2.75, 3.05) is 37.9 Å². The van der Waals surface area contributed by atoms with Crippen molar-refractivity contribution < 1.29 is 27.5 Å². The van der Waals surface area contributed by atoms with Crippen LogP contribution in [0.5, 0.6) is 11.5 Å². The number of hydrogen-bond donors (Lipinski definition) is 1. The van der Waals surface area contributed by atoms with Crippen molar-refractivity contribution in [2.24, 2.45) is 0 Å². The molecule has 0 aliphatic carbocycles. The van der Waals surface area contributed by atoms with Crippen LogP contribution in [0.4, 0.5) is 5.69 Å². The van der Waals surface area contributed by atoms with Crippen molar-refractivity contribution >= 4 is 39.1 Å². The van der Waals surface area contributed by atoms with Gasteiger partial charge < -0.3 is 19.7 Å². The average Bonchev–Trinajstić information content (AvgIpc) is 2.88. The predicted octanol–water partition coefficient (Wildman–Crippen LogP) is 4.24. The van der Waals surface area contributed by atoms with Gasteiger partial charge in [0.25, 0.3) is 0 Å². The Morgan fingerprint density at radius 3 is 2.29 bits per heavy atom. The number of carbonyl (C=O) groups excluding carboxylic acids is 2. The van der Waals surface area contributed by atoms with Crippen molar-refractivity contribution in [1.29, 1.82) is 0 Å². The Balaban J connectivity index is 2.17. The third-order valence-electron chi connectivity index (χ3n) is 6.08. The number of halogens is 1. The minimum Gasteiger partial charge on any atom is -0.497 e. The Hall–Kier alpha value is -2.98. The van der Waals surface area contributed by atoms with Gasteiger partial charge in [0.05, 0.1) is 31.2 Å². The number of ether oxygens (including phenoxy) is 2. The van der Waals surface area contributed by atoms with Crippen LogP contribution >= 0.6 is 11.6 Å². The highest BCUT2D eigenvalue weighted by Crippen LogP contribution is 2.30. The molecule has 2 rings (SSSR count). The molecule has 0 fully saturated rings. The van der Waals surface area contributed by atoms with Crippen molar-refractivity contribution in [1.82, 2.24) is 10.2 Å². The van der Waals surface area contributed by atoms with E-state index in [2.05, 4.69) is 5.32 Å². The molecular weight excluding hydrogens is 530 g/mol. The number of amides is 2. The number of sulfonamides is 1. The topological polar surface area (TPSA) is 105 Å². The van der Waals surface area contributed by atoms with Crippen molar-refractivity contribution in [3.8, 4) is 11.5 Å². The SMILES string of the molecule is CCCCNC(=O)C(C)N(Cc1ccc(OC)cc1)C(=O)CCCN(c1ccc(OC)c(Cl)c1)S(C)(=O)=O. The van der Waals surface area contributed by atoms with Crippen molar-refractivity contribution in [3.63, 3.8) is 0 Å². The highest BCUT2D eigenvalue weighted by molar-refractivity contribution is 7.92. The van der Waals surface area contributed by atoms with Crippen LogP contribution in [0.1, 0.15) is 45.1 Å². The number of nitrogens with zero attached hydrogens (tertiary/aromatic N) is 2. The lowest BCUT2D eigenvalue weighted by Crippen LogP contribution is -2.47. The number of unbranched alkanes of at least 4 members (excludes halogenated alkanes) is 1. The first kappa shape index (κ1) is 31.2. The molecule has 2 aromatic carbocycles. The molecule has 38 heavy (non-hydrogen) atoms. The van der Waals surface area contributed by atoms with E-state index in [-0.39, 0.29) is 42.8 Å². The second kappa shape index (κ2) is 14.8. The van der Waals surface area contributed by atoms with E-state index in [0.29, 0.717) is 23.7 Å². The van der Waals surface area contributed by atoms with Gasteiger partial charge in [-0.25, -0.2) is 8.42 Å². The summed E-state index contributed by atoms with van der Waals surface area (Å²) in [4.78, 5) is 27.7. The molecule has 2 aromatic rings. The lowest BCUT2D eigenvalue weighted by molar-refractivity contribution is -0.140. The van der Waals surface area contributed by atoms with Gasteiger partial charge in [0, 0.05) is 26.1 Å². The third-order valence-corrected chi connectivity index (χ3v) is 7.57. The quantitative estimate of drug-likeness (QED) is 0.323. The summed E-state index contributed by atoms with van der Waals surface area (Å²) in [5.74, 6) is 0.641. The standard InChI is InChI=1S/C27H38ClN3O6S/c1-6-7-16-29-27(33)20(2)30(19-21-10-13-23(36-3)14-11-21)26(32)9-8-17-31(38(5,34)35)22-12-15-25(37-4)24(28)18-22/h10-15,18,20H,6-9,16-17,19H2,1-5H3,(H,29,33).